The molecule has 0 aliphatic carbocycles. The number of benzene rings is 3. The number of fused-ring (bicyclic) bond motifs is 1. The van der Waals surface area contributed by atoms with Crippen LogP contribution >= 0.6 is 0 Å². The van der Waals surface area contributed by atoms with Crippen LogP contribution in [0.4, 0.5) is 11.4 Å². The Morgan fingerprint density at radius 2 is 1.52 bits per heavy atom. The first kappa shape index (κ1) is 22.2. The second kappa shape index (κ2) is 7.87. The molecule has 3 aromatic rings. The summed E-state index contributed by atoms with van der Waals surface area (Å²) in [5.41, 5.74) is 1.67. The maximum Gasteiger partial charge on any atom is 0.268 e. The Morgan fingerprint density at radius 3 is 2.09 bits per heavy atom. The van der Waals surface area contributed by atoms with E-state index in [4.69, 9.17) is 5.26 Å². The topological polar surface area (TPSA) is 107 Å². The zero-order valence-corrected chi connectivity index (χ0v) is 19.1. The fourth-order valence-electron chi connectivity index (χ4n) is 3.63. The van der Waals surface area contributed by atoms with Crippen LogP contribution in [0.2, 0.25) is 0 Å². The van der Waals surface area contributed by atoms with Crippen molar-refractivity contribution < 1.29 is 18.0 Å². The number of amides is 2. The van der Waals surface area contributed by atoms with Crippen LogP contribution in [0.5, 0.6) is 0 Å². The predicted octanol–water partition coefficient (Wildman–Crippen LogP) is 4.46. The number of sulfonamides is 1. The Morgan fingerprint density at radius 1 is 0.879 bits per heavy atom. The zero-order valence-electron chi connectivity index (χ0n) is 18.3. The number of nitrogens with one attached hydrogen (secondary N) is 1. The molecular weight excluding hydrogens is 438 g/mol. The number of imide groups is 1. The molecule has 1 aliphatic heterocycles. The van der Waals surface area contributed by atoms with Gasteiger partial charge in [0.05, 0.1) is 39.0 Å². The van der Waals surface area contributed by atoms with E-state index >= 15 is 0 Å². The van der Waals surface area contributed by atoms with Crippen molar-refractivity contribution in [3.05, 3.63) is 89.0 Å². The monoisotopic (exact) mass is 459 g/mol. The lowest BCUT2D eigenvalue weighted by molar-refractivity contribution is 0.0926. The van der Waals surface area contributed by atoms with Crippen LogP contribution in [0.1, 0.15) is 52.6 Å². The number of rotatable bonds is 4. The molecule has 1 heterocycles. The molecule has 33 heavy (non-hydrogen) atoms. The van der Waals surface area contributed by atoms with Crippen LogP contribution < -0.4 is 9.62 Å². The summed E-state index contributed by atoms with van der Waals surface area (Å²) in [5.74, 6) is -1.20. The summed E-state index contributed by atoms with van der Waals surface area (Å²) in [6.07, 6.45) is 0. The first-order valence-corrected chi connectivity index (χ1v) is 11.7. The molecule has 4 rings (SSSR count). The molecule has 1 N–H and O–H groups in total. The summed E-state index contributed by atoms with van der Waals surface area (Å²) in [7, 11) is -4.00. The number of hydrogen-bond acceptors (Lipinski definition) is 5. The lowest BCUT2D eigenvalue weighted by atomic mass is 9.87. The number of carbonyl (C=O) groups excluding carboxylic acids is 2. The number of nitriles is 1. The fraction of sp³-hybridized carbons (Fsp3) is 0.160. The van der Waals surface area contributed by atoms with Gasteiger partial charge < -0.3 is 0 Å². The van der Waals surface area contributed by atoms with E-state index < -0.39 is 21.8 Å². The molecular formula is C25H21N3O4S. The van der Waals surface area contributed by atoms with Crippen LogP contribution in [-0.2, 0) is 15.4 Å². The summed E-state index contributed by atoms with van der Waals surface area (Å²) < 4.78 is 28.5. The average molecular weight is 460 g/mol. The smallest absolute Gasteiger partial charge is 0.268 e. The summed E-state index contributed by atoms with van der Waals surface area (Å²) >= 11 is 0. The quantitative estimate of drug-likeness (QED) is 0.580. The van der Waals surface area contributed by atoms with Crippen LogP contribution in [-0.4, -0.2) is 20.2 Å². The van der Waals surface area contributed by atoms with Gasteiger partial charge in [-0.25, -0.2) is 13.3 Å². The lowest BCUT2D eigenvalue weighted by Gasteiger charge is -2.19. The third kappa shape index (κ3) is 3.99. The van der Waals surface area contributed by atoms with Crippen molar-refractivity contribution in [3.63, 3.8) is 0 Å². The van der Waals surface area contributed by atoms with Gasteiger partial charge in [0.1, 0.15) is 0 Å². The minimum Gasteiger partial charge on any atom is -0.279 e. The van der Waals surface area contributed by atoms with Crippen LogP contribution in [0, 0.1) is 11.3 Å². The van der Waals surface area contributed by atoms with Gasteiger partial charge in [-0.05, 0) is 59.5 Å². The summed E-state index contributed by atoms with van der Waals surface area (Å²) in [6, 6.07) is 19.0. The molecule has 3 aromatic carbocycles. The van der Waals surface area contributed by atoms with Gasteiger partial charge in [0.2, 0.25) is 0 Å². The van der Waals surface area contributed by atoms with E-state index in [0.29, 0.717) is 11.3 Å². The third-order valence-electron chi connectivity index (χ3n) is 5.44. The van der Waals surface area contributed by atoms with E-state index in [1.807, 2.05) is 26.8 Å². The van der Waals surface area contributed by atoms with E-state index in [1.54, 1.807) is 12.1 Å². The van der Waals surface area contributed by atoms with E-state index in [1.165, 1.54) is 54.6 Å². The Kier molecular flexibility index (Phi) is 5.30. The first-order valence-electron chi connectivity index (χ1n) is 10.2. The van der Waals surface area contributed by atoms with Crippen molar-refractivity contribution in [3.8, 4) is 6.07 Å². The highest BCUT2D eigenvalue weighted by Gasteiger charge is 2.39. The molecule has 0 aromatic heterocycles. The molecule has 0 bridgehead atoms. The molecule has 1 aliphatic rings. The van der Waals surface area contributed by atoms with Crippen LogP contribution in [0.25, 0.3) is 0 Å². The zero-order chi connectivity index (χ0) is 24.0. The highest BCUT2D eigenvalue weighted by molar-refractivity contribution is 7.92. The van der Waals surface area contributed by atoms with E-state index in [-0.39, 0.29) is 27.1 Å². The Labute approximate surface area is 192 Å². The number of carbonyl (C=O) groups is 2. The van der Waals surface area contributed by atoms with Crippen molar-refractivity contribution in [1.29, 1.82) is 5.26 Å². The molecule has 0 radical (unpaired) electrons. The van der Waals surface area contributed by atoms with Crippen molar-refractivity contribution >= 4 is 33.2 Å². The Bertz CT molecular complexity index is 1410. The summed E-state index contributed by atoms with van der Waals surface area (Å²) in [6.45, 7) is 6.10. The minimum absolute atomic E-state index is 0.0123. The largest absolute Gasteiger partial charge is 0.279 e. The van der Waals surface area contributed by atoms with Gasteiger partial charge >= 0.3 is 0 Å². The van der Waals surface area contributed by atoms with Crippen LogP contribution in [0.15, 0.2) is 71.6 Å². The van der Waals surface area contributed by atoms with Crippen molar-refractivity contribution in [2.45, 2.75) is 31.1 Å². The molecule has 7 nitrogen and oxygen atoms in total. The maximum absolute atomic E-state index is 13.2. The van der Waals surface area contributed by atoms with Gasteiger partial charge in [-0.2, -0.15) is 5.26 Å². The molecule has 0 fully saturated rings. The van der Waals surface area contributed by atoms with E-state index in [2.05, 4.69) is 4.72 Å². The summed E-state index contributed by atoms with van der Waals surface area (Å²) in [4.78, 5) is 27.1. The second-order valence-corrected chi connectivity index (χ2v) is 10.4. The molecule has 2 amide bonds. The highest BCUT2D eigenvalue weighted by atomic mass is 32.2. The number of nitrogens with zero attached hydrogens (tertiary/aromatic N) is 2. The first-order chi connectivity index (χ1) is 15.5. The Balaban J connectivity index is 1.68. The van der Waals surface area contributed by atoms with Gasteiger partial charge in [0, 0.05) is 0 Å². The third-order valence-corrected chi connectivity index (χ3v) is 6.83. The van der Waals surface area contributed by atoms with Gasteiger partial charge in [-0.15, -0.1) is 0 Å². The molecule has 0 saturated carbocycles. The molecule has 0 saturated heterocycles. The van der Waals surface area contributed by atoms with Crippen molar-refractivity contribution in [1.82, 2.24) is 0 Å². The van der Waals surface area contributed by atoms with Crippen LogP contribution in [0.3, 0.4) is 0 Å². The van der Waals surface area contributed by atoms with Gasteiger partial charge in [0.25, 0.3) is 21.8 Å². The van der Waals surface area contributed by atoms with E-state index in [0.717, 1.165) is 10.5 Å². The maximum atomic E-state index is 13.2. The average Bonchev–Trinajstić information content (AvgIpc) is 3.04. The summed E-state index contributed by atoms with van der Waals surface area (Å²) in [5, 5.41) is 8.97. The van der Waals surface area contributed by atoms with Crippen molar-refractivity contribution in [2.24, 2.45) is 0 Å². The normalized spacial score (nSPS) is 13.6. The number of anilines is 2. The predicted molar refractivity (Wildman–Crippen MR) is 125 cm³/mol. The van der Waals surface area contributed by atoms with Gasteiger partial charge in [0.15, 0.2) is 0 Å². The Hall–Kier alpha value is -3.96. The highest BCUT2D eigenvalue weighted by Crippen LogP contribution is 2.34. The van der Waals surface area contributed by atoms with Gasteiger partial charge in [-0.3, -0.25) is 14.3 Å². The van der Waals surface area contributed by atoms with Gasteiger partial charge in [-0.1, -0.05) is 39.0 Å². The molecule has 0 unspecified atom stereocenters. The number of hydrogen-bond donors (Lipinski definition) is 1. The molecule has 0 atom stereocenters. The fourth-order valence-corrected chi connectivity index (χ4v) is 4.70. The SMILES string of the molecule is CC(C)(C)c1ccc(S(=O)(=O)Nc2cccc3c2C(=O)N(c2ccc(C#N)cc2)C3=O)cc1. The lowest BCUT2D eigenvalue weighted by Crippen LogP contribution is -2.29. The van der Waals surface area contributed by atoms with Crippen molar-refractivity contribution in [2.75, 3.05) is 9.62 Å². The standard InChI is InChI=1S/C25H21N3O4S/c1-25(2,3)17-9-13-19(14-10-17)33(31,32)27-21-6-4-5-20-22(21)24(30)28(23(20)29)18-11-7-16(15-26)8-12-18/h4-14,27H,1-3H3. The molecule has 166 valence electrons. The second-order valence-electron chi connectivity index (χ2n) is 8.71. The van der Waals surface area contributed by atoms with E-state index in [9.17, 15) is 18.0 Å². The molecule has 0 spiro atoms. The minimum atomic E-state index is -4.00. The molecule has 8 heteroatoms.